The van der Waals surface area contributed by atoms with Gasteiger partial charge in [-0.2, -0.15) is 0 Å². The molecule has 0 unspecified atom stereocenters. The Bertz CT molecular complexity index is 1050. The number of halogens is 3. The molecule has 1 aromatic carbocycles. The first-order valence-corrected chi connectivity index (χ1v) is 12.1. The van der Waals surface area contributed by atoms with Gasteiger partial charge in [0.05, 0.1) is 17.9 Å². The molecule has 2 fully saturated rings. The van der Waals surface area contributed by atoms with Crippen molar-refractivity contribution >= 4 is 23.3 Å². The van der Waals surface area contributed by atoms with Crippen molar-refractivity contribution < 1.29 is 32.3 Å². The molecule has 0 spiro atoms. The number of hydrogen-bond acceptors (Lipinski definition) is 4. The van der Waals surface area contributed by atoms with Crippen LogP contribution < -0.4 is 10.1 Å². The van der Waals surface area contributed by atoms with E-state index in [1.54, 1.807) is 4.90 Å². The number of ether oxygens (including phenoxy) is 1. The van der Waals surface area contributed by atoms with E-state index >= 15 is 0 Å². The number of likely N-dealkylation sites (tertiary alicyclic amines) is 1. The molecule has 1 heterocycles. The summed E-state index contributed by atoms with van der Waals surface area (Å²) >= 11 is 0. The van der Waals surface area contributed by atoms with Crippen molar-refractivity contribution in [3.63, 3.8) is 0 Å². The molecule has 1 aliphatic carbocycles. The summed E-state index contributed by atoms with van der Waals surface area (Å²) in [5.41, 5.74) is -1.15. The Labute approximate surface area is 209 Å². The maximum atomic E-state index is 13.4. The summed E-state index contributed by atoms with van der Waals surface area (Å²) < 4.78 is 42.4. The molecule has 10 heteroatoms. The van der Waals surface area contributed by atoms with Gasteiger partial charge in [-0.05, 0) is 31.7 Å². The van der Waals surface area contributed by atoms with Crippen LogP contribution in [0.4, 0.5) is 18.9 Å². The standard InChI is InChI=1S/C26H32F3N3O4/c1-24(2,3)21(33)14-25(10-6-11-25)23(35)32-12-5-7-18(16-32)22(34)31-15-17-8-9-19(30-4)13-20(17)36-26(27,28)29/h8-9,13,18H,5-7,10-12,14-16H2,1-3H3,(H,31,34)/t18-/m1/s1. The maximum Gasteiger partial charge on any atom is 0.573 e. The zero-order valence-electron chi connectivity index (χ0n) is 20.8. The van der Waals surface area contributed by atoms with E-state index in [-0.39, 0.29) is 48.4 Å². The average molecular weight is 508 g/mol. The zero-order chi connectivity index (χ0) is 26.7. The van der Waals surface area contributed by atoms with Gasteiger partial charge in [-0.25, -0.2) is 4.85 Å². The monoisotopic (exact) mass is 507 g/mol. The Morgan fingerprint density at radius 3 is 2.44 bits per heavy atom. The number of nitrogens with one attached hydrogen (secondary N) is 1. The van der Waals surface area contributed by atoms with Crippen LogP contribution in [-0.4, -0.2) is 41.9 Å². The summed E-state index contributed by atoms with van der Waals surface area (Å²) in [6.07, 6.45) is -1.37. The molecule has 1 N–H and O–H groups in total. The number of carbonyl (C=O) groups excluding carboxylic acids is 3. The first kappa shape index (κ1) is 27.5. The third-order valence-corrected chi connectivity index (χ3v) is 7.04. The number of carbonyl (C=O) groups is 3. The highest BCUT2D eigenvalue weighted by Gasteiger charge is 2.49. The molecule has 196 valence electrons. The van der Waals surface area contributed by atoms with Crippen LogP contribution in [0.3, 0.4) is 0 Å². The van der Waals surface area contributed by atoms with E-state index in [2.05, 4.69) is 14.9 Å². The molecule has 1 aliphatic heterocycles. The number of piperidine rings is 1. The number of alkyl halides is 3. The van der Waals surface area contributed by atoms with Gasteiger partial charge in [0.15, 0.2) is 5.69 Å². The molecule has 1 saturated carbocycles. The summed E-state index contributed by atoms with van der Waals surface area (Å²) in [7, 11) is 0. The largest absolute Gasteiger partial charge is 0.573 e. The molecular formula is C26H32F3N3O4. The number of Topliss-reactive ketones (excluding diaryl/α,β-unsaturated/α-hetero) is 1. The highest BCUT2D eigenvalue weighted by molar-refractivity contribution is 5.93. The minimum absolute atomic E-state index is 0.0133. The normalized spacial score (nSPS) is 19.6. The van der Waals surface area contributed by atoms with E-state index in [0.29, 0.717) is 32.2 Å². The van der Waals surface area contributed by atoms with Gasteiger partial charge in [-0.15, -0.1) is 13.2 Å². The minimum Gasteiger partial charge on any atom is -0.407 e. The van der Waals surface area contributed by atoms with Crippen molar-refractivity contribution in [1.82, 2.24) is 10.2 Å². The van der Waals surface area contributed by atoms with Crippen LogP contribution in [0.15, 0.2) is 18.2 Å². The number of rotatable bonds is 7. The number of nitrogens with zero attached hydrogens (tertiary/aromatic N) is 2. The van der Waals surface area contributed by atoms with Crippen molar-refractivity contribution in [3.8, 4) is 5.75 Å². The number of amides is 2. The summed E-state index contributed by atoms with van der Waals surface area (Å²) in [6, 6.07) is 3.66. The Balaban J connectivity index is 1.64. The highest BCUT2D eigenvalue weighted by atomic mass is 19.4. The van der Waals surface area contributed by atoms with Gasteiger partial charge in [0.2, 0.25) is 11.8 Å². The summed E-state index contributed by atoms with van der Waals surface area (Å²) in [6.45, 7) is 13.0. The molecule has 0 radical (unpaired) electrons. The van der Waals surface area contributed by atoms with Gasteiger partial charge in [0.25, 0.3) is 0 Å². The second kappa shape index (κ2) is 10.5. The zero-order valence-corrected chi connectivity index (χ0v) is 20.8. The van der Waals surface area contributed by atoms with Gasteiger partial charge < -0.3 is 15.0 Å². The molecule has 1 aromatic rings. The van der Waals surface area contributed by atoms with Crippen LogP contribution in [-0.2, 0) is 20.9 Å². The smallest absolute Gasteiger partial charge is 0.407 e. The Morgan fingerprint density at radius 2 is 1.89 bits per heavy atom. The molecule has 36 heavy (non-hydrogen) atoms. The molecular weight excluding hydrogens is 475 g/mol. The van der Waals surface area contributed by atoms with E-state index in [1.165, 1.54) is 12.1 Å². The van der Waals surface area contributed by atoms with Crippen LogP contribution in [0.25, 0.3) is 4.85 Å². The van der Waals surface area contributed by atoms with E-state index in [0.717, 1.165) is 12.5 Å². The molecule has 0 aromatic heterocycles. The van der Waals surface area contributed by atoms with E-state index in [4.69, 9.17) is 6.57 Å². The fourth-order valence-corrected chi connectivity index (χ4v) is 4.66. The van der Waals surface area contributed by atoms with Gasteiger partial charge in [0.1, 0.15) is 11.5 Å². The Morgan fingerprint density at radius 1 is 1.19 bits per heavy atom. The highest BCUT2D eigenvalue weighted by Crippen LogP contribution is 2.47. The number of hydrogen-bond donors (Lipinski definition) is 1. The summed E-state index contributed by atoms with van der Waals surface area (Å²) in [5, 5.41) is 2.65. The van der Waals surface area contributed by atoms with E-state index in [1.807, 2.05) is 20.8 Å². The van der Waals surface area contributed by atoms with E-state index < -0.39 is 28.9 Å². The first-order chi connectivity index (χ1) is 16.7. The maximum absolute atomic E-state index is 13.4. The molecule has 1 atom stereocenters. The lowest BCUT2D eigenvalue weighted by Crippen LogP contribution is -2.54. The van der Waals surface area contributed by atoms with Crippen molar-refractivity contribution in [2.24, 2.45) is 16.7 Å². The predicted molar refractivity (Wildman–Crippen MR) is 126 cm³/mol. The number of ketones is 1. The lowest BCUT2D eigenvalue weighted by Gasteiger charge is -2.45. The fourth-order valence-electron chi connectivity index (χ4n) is 4.66. The fraction of sp³-hybridized carbons (Fsp3) is 0.615. The van der Waals surface area contributed by atoms with Crippen LogP contribution in [0.1, 0.15) is 64.9 Å². The van der Waals surface area contributed by atoms with Crippen molar-refractivity contribution in [3.05, 3.63) is 35.2 Å². The first-order valence-electron chi connectivity index (χ1n) is 12.1. The molecule has 0 bridgehead atoms. The average Bonchev–Trinajstić information content (AvgIpc) is 2.78. The van der Waals surface area contributed by atoms with Gasteiger partial charge in [0, 0.05) is 37.0 Å². The van der Waals surface area contributed by atoms with E-state index in [9.17, 15) is 27.6 Å². The van der Waals surface area contributed by atoms with Gasteiger partial charge in [-0.1, -0.05) is 39.3 Å². The third kappa shape index (κ3) is 6.56. The van der Waals surface area contributed by atoms with Crippen molar-refractivity contribution in [2.75, 3.05) is 13.1 Å². The Hall–Kier alpha value is -3.09. The molecule has 1 saturated heterocycles. The third-order valence-electron chi connectivity index (χ3n) is 7.04. The number of benzene rings is 1. The Kier molecular flexibility index (Phi) is 8.01. The van der Waals surface area contributed by atoms with Crippen molar-refractivity contribution in [1.29, 1.82) is 0 Å². The summed E-state index contributed by atoms with van der Waals surface area (Å²) in [5.74, 6) is -1.45. The predicted octanol–water partition coefficient (Wildman–Crippen LogP) is 5.17. The quantitative estimate of drug-likeness (QED) is 0.517. The van der Waals surface area contributed by atoms with Gasteiger partial charge >= 0.3 is 6.36 Å². The van der Waals surface area contributed by atoms with Crippen LogP contribution >= 0.6 is 0 Å². The van der Waals surface area contributed by atoms with Crippen LogP contribution in [0.5, 0.6) is 5.75 Å². The summed E-state index contributed by atoms with van der Waals surface area (Å²) in [4.78, 5) is 43.8. The van der Waals surface area contributed by atoms with Crippen molar-refractivity contribution in [2.45, 2.75) is 72.2 Å². The molecule has 2 aliphatic rings. The second-order valence-corrected chi connectivity index (χ2v) is 10.7. The lowest BCUT2D eigenvalue weighted by molar-refractivity contribution is -0.274. The SMILES string of the molecule is [C-]#[N+]c1ccc(CNC(=O)[C@@H]2CCCN(C(=O)C3(CC(=O)C(C)(C)C)CCC3)C2)c(OC(F)(F)F)c1. The van der Waals surface area contributed by atoms with Crippen LogP contribution in [0, 0.1) is 23.3 Å². The second-order valence-electron chi connectivity index (χ2n) is 10.7. The van der Waals surface area contributed by atoms with Crippen LogP contribution in [0.2, 0.25) is 0 Å². The minimum atomic E-state index is -4.94. The molecule has 7 nitrogen and oxygen atoms in total. The van der Waals surface area contributed by atoms with Gasteiger partial charge in [-0.3, -0.25) is 14.4 Å². The molecule has 3 rings (SSSR count). The molecule has 2 amide bonds. The topological polar surface area (TPSA) is 80.1 Å². The lowest BCUT2D eigenvalue weighted by atomic mass is 9.63.